The fraction of sp³-hybridized carbons (Fsp3) is 0.529. The van der Waals surface area contributed by atoms with E-state index in [4.69, 9.17) is 20.2 Å². The maximum absolute atomic E-state index is 16.8. The van der Waals surface area contributed by atoms with Crippen molar-refractivity contribution in [3.05, 3.63) is 35.3 Å². The molecule has 3 aromatic heterocycles. The molecule has 2 aliphatic carbocycles. The Balaban J connectivity index is 1.10. The van der Waals surface area contributed by atoms with E-state index < -0.39 is 17.5 Å². The Kier molecular flexibility index (Phi) is 7.03. The Morgan fingerprint density at radius 3 is 2.65 bits per heavy atom. The number of nitrogen functional groups attached to an aromatic ring is 1. The van der Waals surface area contributed by atoms with Crippen LogP contribution in [-0.4, -0.2) is 84.5 Å². The maximum Gasteiger partial charge on any atom is 0.319 e. The molecular formula is C34H35F3N8O2S. The highest BCUT2D eigenvalue weighted by molar-refractivity contribution is 7.23. The zero-order valence-corrected chi connectivity index (χ0v) is 27.1. The van der Waals surface area contributed by atoms with Crippen LogP contribution in [0.5, 0.6) is 6.01 Å². The molecule has 5 aliphatic rings. The zero-order chi connectivity index (χ0) is 32.8. The fourth-order valence-electron chi connectivity index (χ4n) is 7.93. The average Bonchev–Trinajstić information content (AvgIpc) is 3.99. The number of piperazine rings is 1. The molecule has 10 nitrogen and oxygen atoms in total. The van der Waals surface area contributed by atoms with Crippen LogP contribution in [0.4, 0.5) is 24.0 Å². The van der Waals surface area contributed by atoms with Crippen molar-refractivity contribution in [2.24, 2.45) is 10.8 Å². The molecule has 0 radical (unpaired) electrons. The molecule has 2 bridgehead atoms. The number of nitrogens with one attached hydrogen (secondary N) is 1. The first-order chi connectivity index (χ1) is 23.2. The minimum atomic E-state index is -1.19. The second-order valence-electron chi connectivity index (χ2n) is 14.5. The first-order valence-corrected chi connectivity index (χ1v) is 17.5. The molecule has 4 aromatic rings. The van der Waals surface area contributed by atoms with Gasteiger partial charge in [0, 0.05) is 72.8 Å². The molecule has 3 N–H and O–H groups in total. The number of anilines is 2. The van der Waals surface area contributed by atoms with Crippen LogP contribution in [0, 0.1) is 39.6 Å². The van der Waals surface area contributed by atoms with Crippen LogP contribution in [0.3, 0.4) is 0 Å². The van der Waals surface area contributed by atoms with E-state index >= 15 is 4.39 Å². The standard InChI is InChI=1S/C34H35F3N8O2S/c35-23-9-20(24-21(10-38)30(39)48-29(24)25(23)36)27-26(37)28-22(11-40-27)31(45-12-18-1-2-19(13-45)41-18)43-32(42-28)47-17-34(5-6-34)15-44-7-8-46-16-33(14-44)3-4-33/h9,11,18-19,41H,1-8,12-17,39H2. The minimum absolute atomic E-state index is 0.0158. The van der Waals surface area contributed by atoms with Crippen LogP contribution in [-0.2, 0) is 4.74 Å². The van der Waals surface area contributed by atoms with Crippen LogP contribution in [0.2, 0.25) is 0 Å². The Bertz CT molecular complexity index is 2000. The molecule has 3 aliphatic heterocycles. The second kappa shape index (κ2) is 11.1. The first kappa shape index (κ1) is 30.3. The number of ether oxygens (including phenoxy) is 2. The third kappa shape index (κ3) is 5.14. The van der Waals surface area contributed by atoms with Crippen molar-refractivity contribution in [2.75, 3.05) is 63.2 Å². The molecule has 1 aromatic carbocycles. The lowest BCUT2D eigenvalue weighted by molar-refractivity contribution is 0.114. The minimum Gasteiger partial charge on any atom is -0.463 e. The molecule has 48 heavy (non-hydrogen) atoms. The number of aromatic nitrogens is 3. The predicted molar refractivity (Wildman–Crippen MR) is 175 cm³/mol. The van der Waals surface area contributed by atoms with E-state index in [1.165, 1.54) is 19.0 Å². The SMILES string of the molecule is N#Cc1c(N)sc2c(F)c(F)cc(-c3ncc4c(N5CC6CCC(C5)N6)nc(OCC5(CN6CCOCC7(CC7)C6)CC5)nc4c3F)c12. The summed E-state index contributed by atoms with van der Waals surface area (Å²) in [4.78, 5) is 18.5. The van der Waals surface area contributed by atoms with Gasteiger partial charge in [-0.1, -0.05) is 0 Å². The van der Waals surface area contributed by atoms with E-state index in [1.807, 2.05) is 6.07 Å². The van der Waals surface area contributed by atoms with Gasteiger partial charge >= 0.3 is 6.01 Å². The van der Waals surface area contributed by atoms with E-state index in [0.717, 1.165) is 75.9 Å². The Labute approximate surface area is 279 Å². The summed E-state index contributed by atoms with van der Waals surface area (Å²) in [5.74, 6) is -2.63. The highest BCUT2D eigenvalue weighted by Gasteiger charge is 2.50. The van der Waals surface area contributed by atoms with Crippen molar-refractivity contribution < 1.29 is 22.6 Å². The topological polar surface area (TPSA) is 125 Å². The lowest BCUT2D eigenvalue weighted by Gasteiger charge is -2.34. The van der Waals surface area contributed by atoms with Crippen molar-refractivity contribution >= 4 is 43.1 Å². The van der Waals surface area contributed by atoms with Crippen molar-refractivity contribution in [1.29, 1.82) is 5.26 Å². The molecule has 3 saturated heterocycles. The number of halogens is 3. The van der Waals surface area contributed by atoms with Gasteiger partial charge in [0.15, 0.2) is 17.5 Å². The van der Waals surface area contributed by atoms with E-state index in [2.05, 4.69) is 25.1 Å². The summed E-state index contributed by atoms with van der Waals surface area (Å²) in [5.41, 5.74) is 5.87. The van der Waals surface area contributed by atoms with Gasteiger partial charge in [-0.3, -0.25) is 9.88 Å². The predicted octanol–water partition coefficient (Wildman–Crippen LogP) is 4.99. The molecule has 5 fully saturated rings. The van der Waals surface area contributed by atoms with Gasteiger partial charge in [-0.15, -0.1) is 11.3 Å². The molecular weight excluding hydrogens is 641 g/mol. The molecule has 14 heteroatoms. The lowest BCUT2D eigenvalue weighted by Crippen LogP contribution is -2.51. The van der Waals surface area contributed by atoms with E-state index in [9.17, 15) is 14.0 Å². The molecule has 2 atom stereocenters. The van der Waals surface area contributed by atoms with Crippen LogP contribution in [0.1, 0.15) is 44.1 Å². The van der Waals surface area contributed by atoms with Crippen LogP contribution in [0.15, 0.2) is 12.3 Å². The number of hydrogen-bond acceptors (Lipinski definition) is 11. The number of thiophene rings is 1. The summed E-state index contributed by atoms with van der Waals surface area (Å²) in [6, 6.07) is 3.48. The largest absolute Gasteiger partial charge is 0.463 e. The van der Waals surface area contributed by atoms with E-state index in [0.29, 0.717) is 48.4 Å². The normalized spacial score (nSPS) is 24.2. The molecule has 2 saturated carbocycles. The van der Waals surface area contributed by atoms with Gasteiger partial charge < -0.3 is 25.4 Å². The number of rotatable bonds is 7. The number of fused-ring (bicyclic) bond motifs is 4. The molecule has 1 spiro atoms. The fourth-order valence-corrected chi connectivity index (χ4v) is 8.90. The molecule has 250 valence electrons. The van der Waals surface area contributed by atoms with Gasteiger partial charge in [-0.25, -0.2) is 13.2 Å². The summed E-state index contributed by atoms with van der Waals surface area (Å²) in [5, 5.41) is 13.9. The monoisotopic (exact) mass is 676 g/mol. The quantitative estimate of drug-likeness (QED) is 0.277. The van der Waals surface area contributed by atoms with Crippen molar-refractivity contribution in [1.82, 2.24) is 25.2 Å². The molecule has 0 amide bonds. The number of nitrogens with two attached hydrogens (primary N) is 1. The van der Waals surface area contributed by atoms with Crippen LogP contribution in [0.25, 0.3) is 32.2 Å². The van der Waals surface area contributed by atoms with Gasteiger partial charge in [0.1, 0.15) is 28.1 Å². The summed E-state index contributed by atoms with van der Waals surface area (Å²) in [6.45, 7) is 6.19. The highest BCUT2D eigenvalue weighted by Crippen LogP contribution is 2.51. The summed E-state index contributed by atoms with van der Waals surface area (Å²) >= 11 is 0.745. The summed E-state index contributed by atoms with van der Waals surface area (Å²) < 4.78 is 58.6. The molecule has 2 unspecified atom stereocenters. The number of benzene rings is 1. The number of pyridine rings is 1. The molecule has 6 heterocycles. The van der Waals surface area contributed by atoms with Gasteiger partial charge in [-0.2, -0.15) is 15.2 Å². The Hall–Kier alpha value is -3.77. The zero-order valence-electron chi connectivity index (χ0n) is 26.3. The lowest BCUT2D eigenvalue weighted by atomic mass is 10.0. The summed E-state index contributed by atoms with van der Waals surface area (Å²) in [7, 11) is 0. The van der Waals surface area contributed by atoms with Gasteiger partial charge in [-0.05, 0) is 44.6 Å². The Morgan fingerprint density at radius 1 is 1.12 bits per heavy atom. The Morgan fingerprint density at radius 2 is 1.92 bits per heavy atom. The van der Waals surface area contributed by atoms with Gasteiger partial charge in [0.25, 0.3) is 0 Å². The first-order valence-electron chi connectivity index (χ1n) is 16.6. The smallest absolute Gasteiger partial charge is 0.319 e. The van der Waals surface area contributed by atoms with E-state index in [1.54, 1.807) is 0 Å². The third-order valence-corrected chi connectivity index (χ3v) is 11.9. The van der Waals surface area contributed by atoms with Crippen LogP contribution >= 0.6 is 11.3 Å². The van der Waals surface area contributed by atoms with Crippen molar-refractivity contribution in [3.63, 3.8) is 0 Å². The molecule has 9 rings (SSSR count). The number of nitriles is 1. The van der Waals surface area contributed by atoms with Crippen molar-refractivity contribution in [2.45, 2.75) is 50.6 Å². The third-order valence-electron chi connectivity index (χ3n) is 10.9. The van der Waals surface area contributed by atoms with Gasteiger partial charge in [0.05, 0.1) is 35.5 Å². The van der Waals surface area contributed by atoms with Crippen LogP contribution < -0.4 is 20.7 Å². The van der Waals surface area contributed by atoms with Gasteiger partial charge in [0.2, 0.25) is 0 Å². The van der Waals surface area contributed by atoms with Crippen molar-refractivity contribution in [3.8, 4) is 23.3 Å². The van der Waals surface area contributed by atoms with E-state index in [-0.39, 0.29) is 48.9 Å². The number of hydrogen-bond donors (Lipinski definition) is 2. The highest BCUT2D eigenvalue weighted by atomic mass is 32.1. The number of nitrogens with zero attached hydrogens (tertiary/aromatic N) is 6. The maximum atomic E-state index is 16.8. The average molecular weight is 677 g/mol. The summed E-state index contributed by atoms with van der Waals surface area (Å²) in [6.07, 6.45) is 8.05. The second-order valence-corrected chi connectivity index (χ2v) is 15.5.